The summed E-state index contributed by atoms with van der Waals surface area (Å²) in [5.74, 6) is -1.09. The molecule has 1 aromatic carbocycles. The Hall–Kier alpha value is -3.42. The Labute approximate surface area is 181 Å². The van der Waals surface area contributed by atoms with Crippen LogP contribution in [0.1, 0.15) is 60.7 Å². The van der Waals surface area contributed by atoms with Gasteiger partial charge in [-0.05, 0) is 30.5 Å². The van der Waals surface area contributed by atoms with Crippen LogP contribution in [0.4, 0.5) is 4.79 Å². The van der Waals surface area contributed by atoms with E-state index in [0.29, 0.717) is 11.3 Å². The van der Waals surface area contributed by atoms with Gasteiger partial charge >= 0.3 is 12.0 Å². The minimum atomic E-state index is -0.768. The molecule has 0 aliphatic carbocycles. The molecule has 8 nitrogen and oxygen atoms in total. The molecule has 0 bridgehead atoms. The first-order valence-corrected chi connectivity index (χ1v) is 10.4. The highest BCUT2D eigenvalue weighted by molar-refractivity contribution is 5.98. The Morgan fingerprint density at radius 2 is 1.77 bits per heavy atom. The van der Waals surface area contributed by atoms with E-state index in [4.69, 9.17) is 9.15 Å². The fourth-order valence-electron chi connectivity index (χ4n) is 2.80. The van der Waals surface area contributed by atoms with Crippen LogP contribution in [0, 0.1) is 0 Å². The van der Waals surface area contributed by atoms with E-state index in [1.165, 1.54) is 18.2 Å². The van der Waals surface area contributed by atoms with E-state index in [-0.39, 0.29) is 25.2 Å². The predicted molar refractivity (Wildman–Crippen MR) is 113 cm³/mol. The average molecular weight is 428 g/mol. The van der Waals surface area contributed by atoms with Crippen LogP contribution in [0.25, 0.3) is 0 Å². The smallest absolute Gasteiger partial charge is 0.321 e. The largest absolute Gasteiger partial charge is 0.467 e. The lowest BCUT2D eigenvalue weighted by molar-refractivity contribution is -0.148. The number of esters is 1. The number of nitrogens with one attached hydrogen (secondary N) is 2. The number of hydrogen-bond donors (Lipinski definition) is 2. The molecule has 3 amide bonds. The number of ketones is 1. The lowest BCUT2D eigenvalue weighted by Crippen LogP contribution is -2.41. The molecule has 0 fully saturated rings. The highest BCUT2D eigenvalue weighted by Crippen LogP contribution is 2.11. The maximum atomic E-state index is 12.2. The van der Waals surface area contributed by atoms with Crippen molar-refractivity contribution in [1.82, 2.24) is 10.6 Å². The summed E-state index contributed by atoms with van der Waals surface area (Å²) in [4.78, 5) is 47.3. The van der Waals surface area contributed by atoms with E-state index in [9.17, 15) is 19.2 Å². The SMILES string of the molecule is CCCCCc1ccc(C(=O)CCC(=O)OCC(=O)NC(=O)NCc2ccco2)cc1. The molecular weight excluding hydrogens is 400 g/mol. The van der Waals surface area contributed by atoms with Crippen LogP contribution in [0.3, 0.4) is 0 Å². The molecule has 8 heteroatoms. The zero-order valence-electron chi connectivity index (χ0n) is 17.6. The topological polar surface area (TPSA) is 115 Å². The lowest BCUT2D eigenvalue weighted by atomic mass is 10.0. The van der Waals surface area contributed by atoms with Crippen molar-refractivity contribution in [2.75, 3.05) is 6.61 Å². The molecule has 0 unspecified atom stereocenters. The number of Topliss-reactive ketones (excluding diaryl/α,β-unsaturated/α-hetero) is 1. The van der Waals surface area contributed by atoms with Gasteiger partial charge in [-0.15, -0.1) is 0 Å². The van der Waals surface area contributed by atoms with Gasteiger partial charge < -0.3 is 14.5 Å². The van der Waals surface area contributed by atoms with E-state index in [1.54, 1.807) is 24.3 Å². The molecule has 0 radical (unpaired) electrons. The molecule has 31 heavy (non-hydrogen) atoms. The molecule has 1 aromatic heterocycles. The minimum Gasteiger partial charge on any atom is -0.467 e. The Kier molecular flexibility index (Phi) is 10.0. The number of imide groups is 1. The molecule has 0 aliphatic heterocycles. The van der Waals surface area contributed by atoms with E-state index in [2.05, 4.69) is 12.2 Å². The van der Waals surface area contributed by atoms with E-state index < -0.39 is 24.5 Å². The van der Waals surface area contributed by atoms with Crippen LogP contribution in [-0.2, 0) is 27.3 Å². The van der Waals surface area contributed by atoms with Crippen molar-refractivity contribution < 1.29 is 28.3 Å². The standard InChI is InChI=1S/C23H28N2O6/c1-2-3-4-6-17-8-10-18(11-9-17)20(26)12-13-22(28)31-16-21(27)25-23(29)24-15-19-7-5-14-30-19/h5,7-11,14H,2-4,6,12-13,15-16H2,1H3,(H2,24,25,27,29). The van der Waals surface area contributed by atoms with Crippen molar-refractivity contribution in [3.8, 4) is 0 Å². The number of carbonyl (C=O) groups excluding carboxylic acids is 4. The van der Waals surface area contributed by atoms with Gasteiger partial charge in [0.05, 0.1) is 19.2 Å². The van der Waals surface area contributed by atoms with E-state index in [0.717, 1.165) is 19.3 Å². The normalized spacial score (nSPS) is 10.4. The van der Waals surface area contributed by atoms with Gasteiger partial charge in [-0.25, -0.2) is 4.79 Å². The van der Waals surface area contributed by atoms with Gasteiger partial charge in [0.2, 0.25) is 0 Å². The molecule has 1 heterocycles. The second kappa shape index (κ2) is 13.0. The van der Waals surface area contributed by atoms with Gasteiger partial charge in [-0.3, -0.25) is 19.7 Å². The maximum absolute atomic E-state index is 12.2. The number of urea groups is 1. The predicted octanol–water partition coefficient (Wildman–Crippen LogP) is 3.54. The van der Waals surface area contributed by atoms with Crippen molar-refractivity contribution in [2.45, 2.75) is 52.0 Å². The zero-order chi connectivity index (χ0) is 22.5. The van der Waals surface area contributed by atoms with Crippen LogP contribution in [0.2, 0.25) is 0 Å². The highest BCUT2D eigenvalue weighted by Gasteiger charge is 2.13. The number of rotatable bonds is 12. The van der Waals surface area contributed by atoms with Crippen LogP contribution >= 0.6 is 0 Å². The third kappa shape index (κ3) is 9.29. The number of aryl methyl sites for hydroxylation is 1. The van der Waals surface area contributed by atoms with Gasteiger partial charge in [0.25, 0.3) is 5.91 Å². The van der Waals surface area contributed by atoms with Gasteiger partial charge in [0.15, 0.2) is 12.4 Å². The first kappa shape index (κ1) is 23.9. The minimum absolute atomic E-state index is 0.0146. The number of furan rings is 1. The van der Waals surface area contributed by atoms with E-state index >= 15 is 0 Å². The van der Waals surface area contributed by atoms with Crippen LogP contribution in [-0.4, -0.2) is 30.3 Å². The number of ether oxygens (including phenoxy) is 1. The molecule has 166 valence electrons. The second-order valence-corrected chi connectivity index (χ2v) is 7.05. The summed E-state index contributed by atoms with van der Waals surface area (Å²) in [5.41, 5.74) is 1.72. The van der Waals surface area contributed by atoms with Crippen LogP contribution in [0.5, 0.6) is 0 Å². The van der Waals surface area contributed by atoms with Gasteiger partial charge in [-0.2, -0.15) is 0 Å². The monoisotopic (exact) mass is 428 g/mol. The Morgan fingerprint density at radius 3 is 2.45 bits per heavy atom. The number of hydrogen-bond acceptors (Lipinski definition) is 6. The average Bonchev–Trinajstić information content (AvgIpc) is 3.29. The summed E-state index contributed by atoms with van der Waals surface area (Å²) < 4.78 is 9.86. The Balaban J connectivity index is 1.62. The summed E-state index contributed by atoms with van der Waals surface area (Å²) in [6.45, 7) is 1.67. The molecule has 0 aliphatic rings. The lowest BCUT2D eigenvalue weighted by Gasteiger charge is -2.07. The molecule has 0 saturated carbocycles. The van der Waals surface area contributed by atoms with Crippen molar-refractivity contribution in [3.63, 3.8) is 0 Å². The maximum Gasteiger partial charge on any atom is 0.321 e. The fourth-order valence-corrected chi connectivity index (χ4v) is 2.80. The molecule has 2 rings (SSSR count). The van der Waals surface area contributed by atoms with Crippen LogP contribution in [0.15, 0.2) is 47.1 Å². The molecule has 0 spiro atoms. The third-order valence-electron chi connectivity index (χ3n) is 4.52. The zero-order valence-corrected chi connectivity index (χ0v) is 17.6. The molecule has 2 aromatic rings. The van der Waals surface area contributed by atoms with Crippen molar-refractivity contribution in [1.29, 1.82) is 0 Å². The first-order chi connectivity index (χ1) is 15.0. The van der Waals surface area contributed by atoms with Crippen molar-refractivity contribution in [2.24, 2.45) is 0 Å². The van der Waals surface area contributed by atoms with Gasteiger partial charge in [0.1, 0.15) is 5.76 Å². The van der Waals surface area contributed by atoms with Gasteiger partial charge in [-0.1, -0.05) is 44.0 Å². The number of benzene rings is 1. The summed E-state index contributed by atoms with van der Waals surface area (Å²) in [7, 11) is 0. The van der Waals surface area contributed by atoms with Crippen molar-refractivity contribution in [3.05, 3.63) is 59.5 Å². The summed E-state index contributed by atoms with van der Waals surface area (Å²) in [6.07, 6.45) is 5.75. The molecular formula is C23H28N2O6. The molecule has 0 saturated heterocycles. The summed E-state index contributed by atoms with van der Waals surface area (Å²) >= 11 is 0. The summed E-state index contributed by atoms with van der Waals surface area (Å²) in [6, 6.07) is 10.0. The fraction of sp³-hybridized carbons (Fsp3) is 0.391. The second-order valence-electron chi connectivity index (χ2n) is 7.05. The van der Waals surface area contributed by atoms with E-state index in [1.807, 2.05) is 17.4 Å². The summed E-state index contributed by atoms with van der Waals surface area (Å²) in [5, 5.41) is 4.47. The highest BCUT2D eigenvalue weighted by atomic mass is 16.5. The van der Waals surface area contributed by atoms with Gasteiger partial charge in [0, 0.05) is 12.0 Å². The molecule has 2 N–H and O–H groups in total. The number of carbonyl (C=O) groups is 4. The third-order valence-corrected chi connectivity index (χ3v) is 4.52. The van der Waals surface area contributed by atoms with Crippen LogP contribution < -0.4 is 10.6 Å². The van der Waals surface area contributed by atoms with Crippen molar-refractivity contribution >= 4 is 23.7 Å². The molecule has 0 atom stereocenters. The quantitative estimate of drug-likeness (QED) is 0.304. The Morgan fingerprint density at radius 1 is 1.00 bits per heavy atom. The number of amides is 3. The Bertz CT molecular complexity index is 859. The first-order valence-electron chi connectivity index (χ1n) is 10.4. The number of unbranched alkanes of at least 4 members (excludes halogenated alkanes) is 2.